The van der Waals surface area contributed by atoms with E-state index in [1.165, 1.54) is 18.4 Å². The van der Waals surface area contributed by atoms with Crippen LogP contribution in [0.25, 0.3) is 0 Å². The van der Waals surface area contributed by atoms with E-state index in [0.29, 0.717) is 6.42 Å². The van der Waals surface area contributed by atoms with Crippen LogP contribution in [0.1, 0.15) is 70.8 Å². The fourth-order valence-corrected chi connectivity index (χ4v) is 4.55. The molecule has 0 bridgehead atoms. The molecule has 0 heterocycles. The van der Waals surface area contributed by atoms with Gasteiger partial charge in [0.25, 0.3) is 10.1 Å². The van der Waals surface area contributed by atoms with Gasteiger partial charge < -0.3 is 0 Å². The third-order valence-corrected chi connectivity index (χ3v) is 6.04. The second-order valence-electron chi connectivity index (χ2n) is 6.45. The highest BCUT2D eigenvalue weighted by Gasteiger charge is 2.30. The number of aryl methyl sites for hydroxylation is 1. The van der Waals surface area contributed by atoms with Crippen molar-refractivity contribution in [2.45, 2.75) is 76.9 Å². The van der Waals surface area contributed by atoms with Crippen LogP contribution in [-0.2, 0) is 16.5 Å². The molecule has 0 aliphatic heterocycles. The lowest BCUT2D eigenvalue weighted by atomic mass is 9.91. The molecule has 3 nitrogen and oxygen atoms in total. The highest BCUT2D eigenvalue weighted by molar-refractivity contribution is 7.86. The molecule has 4 heteroatoms. The summed E-state index contributed by atoms with van der Waals surface area (Å²) in [6.45, 7) is 4.20. The Hall–Kier alpha value is -0.870. The zero-order chi connectivity index (χ0) is 17.1. The fourth-order valence-electron chi connectivity index (χ4n) is 3.27. The van der Waals surface area contributed by atoms with Crippen molar-refractivity contribution in [3.8, 4) is 0 Å². The zero-order valence-corrected chi connectivity index (χ0v) is 15.4. The summed E-state index contributed by atoms with van der Waals surface area (Å²) in [6.07, 6.45) is 8.47. The average molecular weight is 341 g/mol. The number of unbranched alkanes of at least 4 members (excludes halogenated alkanes) is 3. The van der Waals surface area contributed by atoms with E-state index in [0.717, 1.165) is 38.5 Å². The van der Waals surface area contributed by atoms with Crippen molar-refractivity contribution in [3.05, 3.63) is 35.9 Å². The molecule has 132 valence electrons. The van der Waals surface area contributed by atoms with Crippen molar-refractivity contribution in [1.82, 2.24) is 0 Å². The fraction of sp³-hybridized carbons (Fsp3) is 0.684. The van der Waals surface area contributed by atoms with Crippen molar-refractivity contribution in [1.29, 1.82) is 0 Å². The Morgan fingerprint density at radius 2 is 1.65 bits per heavy atom. The van der Waals surface area contributed by atoms with Crippen LogP contribution in [0.2, 0.25) is 0 Å². The minimum atomic E-state index is -3.97. The quantitative estimate of drug-likeness (QED) is 0.417. The van der Waals surface area contributed by atoms with Gasteiger partial charge in [0.1, 0.15) is 0 Å². The second kappa shape index (κ2) is 10.8. The summed E-state index contributed by atoms with van der Waals surface area (Å²) in [5.41, 5.74) is 1.22. The van der Waals surface area contributed by atoms with Gasteiger partial charge in [-0.15, -0.1) is 0 Å². The van der Waals surface area contributed by atoms with E-state index in [9.17, 15) is 13.0 Å². The van der Waals surface area contributed by atoms with Crippen LogP contribution in [0.5, 0.6) is 0 Å². The maximum atomic E-state index is 11.8. The minimum absolute atomic E-state index is 0.0672. The van der Waals surface area contributed by atoms with Gasteiger partial charge in [-0.3, -0.25) is 4.55 Å². The lowest BCUT2D eigenvalue weighted by Gasteiger charge is -2.24. The summed E-state index contributed by atoms with van der Waals surface area (Å²) < 4.78 is 33.3. The Morgan fingerprint density at radius 1 is 0.957 bits per heavy atom. The Morgan fingerprint density at radius 3 is 2.22 bits per heavy atom. The number of hydrogen-bond donors (Lipinski definition) is 1. The molecule has 1 rings (SSSR count). The van der Waals surface area contributed by atoms with Crippen molar-refractivity contribution in [2.24, 2.45) is 5.92 Å². The molecule has 1 aromatic carbocycles. The number of benzene rings is 1. The van der Waals surface area contributed by atoms with Crippen LogP contribution in [0.15, 0.2) is 30.3 Å². The van der Waals surface area contributed by atoms with Gasteiger partial charge in [-0.2, -0.15) is 8.42 Å². The zero-order valence-electron chi connectivity index (χ0n) is 14.6. The van der Waals surface area contributed by atoms with E-state index in [1.807, 2.05) is 25.1 Å². The lowest BCUT2D eigenvalue weighted by Crippen LogP contribution is -2.29. The SMILES string of the molecule is CCCCCCC(CC)C(CCCc1ccccc1)S(=O)(=O)O. The molecular weight excluding hydrogens is 308 g/mol. The van der Waals surface area contributed by atoms with Crippen molar-refractivity contribution in [2.75, 3.05) is 0 Å². The summed E-state index contributed by atoms with van der Waals surface area (Å²) in [5, 5.41) is -0.613. The van der Waals surface area contributed by atoms with Crippen molar-refractivity contribution >= 4 is 10.1 Å². The predicted molar refractivity (Wildman–Crippen MR) is 97.3 cm³/mol. The van der Waals surface area contributed by atoms with Gasteiger partial charge in [-0.1, -0.05) is 76.3 Å². The average Bonchev–Trinajstić information content (AvgIpc) is 2.52. The molecule has 1 aromatic rings. The normalized spacial score (nSPS) is 14.6. The maximum Gasteiger partial charge on any atom is 0.268 e. The van der Waals surface area contributed by atoms with E-state index in [-0.39, 0.29) is 5.92 Å². The summed E-state index contributed by atoms with van der Waals surface area (Å²) in [4.78, 5) is 0. The van der Waals surface area contributed by atoms with E-state index < -0.39 is 15.4 Å². The maximum absolute atomic E-state index is 11.8. The lowest BCUT2D eigenvalue weighted by molar-refractivity contribution is 0.367. The van der Waals surface area contributed by atoms with Gasteiger partial charge in [-0.05, 0) is 37.2 Å². The van der Waals surface area contributed by atoms with Crippen LogP contribution in [0, 0.1) is 5.92 Å². The van der Waals surface area contributed by atoms with E-state index in [1.54, 1.807) is 0 Å². The summed E-state index contributed by atoms with van der Waals surface area (Å²) >= 11 is 0. The van der Waals surface area contributed by atoms with Gasteiger partial charge in [0.15, 0.2) is 0 Å². The molecule has 0 spiro atoms. The molecule has 1 N–H and O–H groups in total. The van der Waals surface area contributed by atoms with Crippen LogP contribution in [-0.4, -0.2) is 18.2 Å². The van der Waals surface area contributed by atoms with Crippen LogP contribution in [0.4, 0.5) is 0 Å². The van der Waals surface area contributed by atoms with Crippen LogP contribution >= 0.6 is 0 Å². The Labute approximate surface area is 142 Å². The third kappa shape index (κ3) is 7.98. The number of hydrogen-bond acceptors (Lipinski definition) is 2. The van der Waals surface area contributed by atoms with Gasteiger partial charge in [-0.25, -0.2) is 0 Å². The van der Waals surface area contributed by atoms with Gasteiger partial charge in [0.05, 0.1) is 5.25 Å². The molecule has 23 heavy (non-hydrogen) atoms. The topological polar surface area (TPSA) is 54.4 Å². The first kappa shape index (κ1) is 20.2. The Balaban J connectivity index is 2.56. The molecule has 2 unspecified atom stereocenters. The molecule has 0 radical (unpaired) electrons. The molecule has 0 aliphatic carbocycles. The third-order valence-electron chi connectivity index (χ3n) is 4.66. The molecule has 0 aromatic heterocycles. The van der Waals surface area contributed by atoms with Gasteiger partial charge in [0, 0.05) is 0 Å². The highest BCUT2D eigenvalue weighted by Crippen LogP contribution is 2.26. The molecular formula is C19H32O3S. The standard InChI is InChI=1S/C19H32O3S/c1-3-5-6-10-15-18(4-2)19(23(20,21)22)16-11-14-17-12-8-7-9-13-17/h7-9,12-13,18-19H,3-6,10-11,14-16H2,1-2H3,(H,20,21,22). The first-order valence-electron chi connectivity index (χ1n) is 8.99. The largest absolute Gasteiger partial charge is 0.285 e. The predicted octanol–water partition coefficient (Wildman–Crippen LogP) is 5.26. The molecule has 0 saturated carbocycles. The highest BCUT2D eigenvalue weighted by atomic mass is 32.2. The molecule has 0 amide bonds. The van der Waals surface area contributed by atoms with E-state index in [4.69, 9.17) is 0 Å². The van der Waals surface area contributed by atoms with Crippen molar-refractivity contribution < 1.29 is 13.0 Å². The molecule has 0 aliphatic rings. The van der Waals surface area contributed by atoms with E-state index in [2.05, 4.69) is 19.1 Å². The monoisotopic (exact) mass is 340 g/mol. The Bertz CT molecular complexity index is 511. The molecule has 0 fully saturated rings. The number of rotatable bonds is 12. The summed E-state index contributed by atoms with van der Waals surface area (Å²) in [5.74, 6) is 0.0672. The summed E-state index contributed by atoms with van der Waals surface area (Å²) in [7, 11) is -3.97. The van der Waals surface area contributed by atoms with Gasteiger partial charge >= 0.3 is 0 Å². The smallest absolute Gasteiger partial charge is 0.268 e. The molecule has 2 atom stereocenters. The second-order valence-corrected chi connectivity index (χ2v) is 8.08. The van der Waals surface area contributed by atoms with Crippen LogP contribution < -0.4 is 0 Å². The van der Waals surface area contributed by atoms with Gasteiger partial charge in [0.2, 0.25) is 0 Å². The molecule has 0 saturated heterocycles. The minimum Gasteiger partial charge on any atom is -0.285 e. The first-order valence-corrected chi connectivity index (χ1v) is 10.5. The van der Waals surface area contributed by atoms with E-state index >= 15 is 0 Å². The summed E-state index contributed by atoms with van der Waals surface area (Å²) in [6, 6.07) is 10.1. The Kier molecular flexibility index (Phi) is 9.49. The van der Waals surface area contributed by atoms with Crippen LogP contribution in [0.3, 0.4) is 0 Å². The van der Waals surface area contributed by atoms with Crippen molar-refractivity contribution in [3.63, 3.8) is 0 Å². The first-order chi connectivity index (χ1) is 11.0.